The van der Waals surface area contributed by atoms with Crippen molar-refractivity contribution in [2.75, 3.05) is 0 Å². The summed E-state index contributed by atoms with van der Waals surface area (Å²) in [5.41, 5.74) is 4.00. The number of carbonyl (C=O) groups is 2. The number of aryl methyl sites for hydroxylation is 1. The van der Waals surface area contributed by atoms with Gasteiger partial charge in [-0.2, -0.15) is 0 Å². The Bertz CT molecular complexity index is 1280. The lowest BCUT2D eigenvalue weighted by Gasteiger charge is -2.25. The van der Waals surface area contributed by atoms with Crippen LogP contribution in [0.25, 0.3) is 5.76 Å². The first-order valence-electron chi connectivity index (χ1n) is 11.0. The van der Waals surface area contributed by atoms with E-state index in [0.717, 1.165) is 28.9 Å². The van der Waals surface area contributed by atoms with Crippen molar-refractivity contribution in [2.24, 2.45) is 0 Å². The van der Waals surface area contributed by atoms with E-state index in [1.54, 1.807) is 24.4 Å². The molecule has 3 aromatic rings. The first-order chi connectivity index (χ1) is 15.9. The van der Waals surface area contributed by atoms with Gasteiger partial charge in [-0.15, -0.1) is 0 Å². The van der Waals surface area contributed by atoms with E-state index in [9.17, 15) is 14.7 Å². The van der Waals surface area contributed by atoms with E-state index in [1.807, 2.05) is 56.3 Å². The van der Waals surface area contributed by atoms with Gasteiger partial charge in [-0.3, -0.25) is 14.6 Å². The molecule has 2 aromatic carbocycles. The summed E-state index contributed by atoms with van der Waals surface area (Å²) in [4.78, 5) is 32.2. The number of fused-ring (bicyclic) bond motifs is 1. The summed E-state index contributed by atoms with van der Waals surface area (Å²) >= 11 is 0. The van der Waals surface area contributed by atoms with Crippen molar-refractivity contribution in [3.8, 4) is 5.75 Å². The molecule has 0 radical (unpaired) electrons. The zero-order valence-electron chi connectivity index (χ0n) is 18.5. The van der Waals surface area contributed by atoms with E-state index in [0.29, 0.717) is 11.3 Å². The molecule has 2 aliphatic rings. The third-order valence-corrected chi connectivity index (χ3v) is 6.13. The molecule has 1 saturated heterocycles. The number of nitrogens with zero attached hydrogens (tertiary/aromatic N) is 2. The summed E-state index contributed by atoms with van der Waals surface area (Å²) in [6.07, 6.45) is 2.45. The van der Waals surface area contributed by atoms with Gasteiger partial charge in [0, 0.05) is 18.2 Å². The summed E-state index contributed by atoms with van der Waals surface area (Å²) in [6.45, 7) is 4.10. The number of amides is 1. The van der Waals surface area contributed by atoms with Crippen LogP contribution in [0, 0.1) is 6.92 Å². The van der Waals surface area contributed by atoms with Crippen LogP contribution in [-0.4, -0.2) is 32.8 Å². The van der Waals surface area contributed by atoms with Crippen LogP contribution in [0.3, 0.4) is 0 Å². The highest BCUT2D eigenvalue weighted by molar-refractivity contribution is 6.46. The highest BCUT2D eigenvalue weighted by Crippen LogP contribution is 2.41. The second kappa shape index (κ2) is 8.20. The van der Waals surface area contributed by atoms with Crippen molar-refractivity contribution in [2.45, 2.75) is 39.0 Å². The van der Waals surface area contributed by atoms with Gasteiger partial charge in [-0.1, -0.05) is 35.9 Å². The number of ketones is 1. The van der Waals surface area contributed by atoms with Crippen molar-refractivity contribution in [1.82, 2.24) is 9.88 Å². The maximum atomic E-state index is 13.2. The Morgan fingerprint density at radius 3 is 2.73 bits per heavy atom. The number of aliphatic hydroxyl groups excluding tert-OH is 1. The molecule has 2 unspecified atom stereocenters. The molecule has 0 saturated carbocycles. The topological polar surface area (TPSA) is 79.7 Å². The Morgan fingerprint density at radius 2 is 1.97 bits per heavy atom. The number of likely N-dealkylation sites (tertiary alicyclic amines) is 1. The fraction of sp³-hybridized carbons (Fsp3) is 0.222. The minimum absolute atomic E-state index is 0.0636. The van der Waals surface area contributed by atoms with Crippen molar-refractivity contribution in [3.63, 3.8) is 0 Å². The zero-order chi connectivity index (χ0) is 23.1. The third-order valence-electron chi connectivity index (χ3n) is 6.13. The highest BCUT2D eigenvalue weighted by atomic mass is 16.5. The molecule has 0 aliphatic carbocycles. The Morgan fingerprint density at radius 1 is 1.12 bits per heavy atom. The van der Waals surface area contributed by atoms with Gasteiger partial charge in [0.05, 0.1) is 23.9 Å². The number of ether oxygens (including phenoxy) is 1. The predicted octanol–water partition coefficient (Wildman–Crippen LogP) is 4.34. The molecule has 6 nitrogen and oxygen atoms in total. The van der Waals surface area contributed by atoms with Gasteiger partial charge < -0.3 is 14.7 Å². The predicted molar refractivity (Wildman–Crippen MR) is 123 cm³/mol. The number of pyridine rings is 1. The number of benzene rings is 2. The average molecular weight is 440 g/mol. The molecule has 1 amide bonds. The number of aromatic nitrogens is 1. The molecule has 0 bridgehead atoms. The lowest BCUT2D eigenvalue weighted by atomic mass is 9.93. The maximum Gasteiger partial charge on any atom is 0.296 e. The molecule has 1 N–H and O–H groups in total. The smallest absolute Gasteiger partial charge is 0.296 e. The van der Waals surface area contributed by atoms with Crippen LogP contribution in [-0.2, 0) is 22.6 Å². The Labute approximate surface area is 192 Å². The fourth-order valence-corrected chi connectivity index (χ4v) is 4.62. The first kappa shape index (κ1) is 20.9. The molecule has 2 atom stereocenters. The van der Waals surface area contributed by atoms with Crippen molar-refractivity contribution in [1.29, 1.82) is 0 Å². The number of hydrogen-bond acceptors (Lipinski definition) is 5. The Balaban J connectivity index is 1.64. The van der Waals surface area contributed by atoms with E-state index in [-0.39, 0.29) is 24.0 Å². The highest BCUT2D eigenvalue weighted by Gasteiger charge is 2.46. The van der Waals surface area contributed by atoms with Crippen molar-refractivity contribution < 1.29 is 19.4 Å². The van der Waals surface area contributed by atoms with Gasteiger partial charge in [-0.05, 0) is 55.3 Å². The molecule has 33 heavy (non-hydrogen) atoms. The van der Waals surface area contributed by atoms with Gasteiger partial charge in [0.15, 0.2) is 0 Å². The molecule has 1 aromatic heterocycles. The van der Waals surface area contributed by atoms with Crippen LogP contribution in [0.15, 0.2) is 72.4 Å². The molecular weight excluding hydrogens is 416 g/mol. The van der Waals surface area contributed by atoms with Crippen molar-refractivity contribution >= 4 is 17.4 Å². The number of rotatable bonds is 4. The summed E-state index contributed by atoms with van der Waals surface area (Å²) in [5, 5.41) is 11.3. The van der Waals surface area contributed by atoms with Crippen LogP contribution in [0.2, 0.25) is 0 Å². The second-order valence-electron chi connectivity index (χ2n) is 8.62. The van der Waals surface area contributed by atoms with Crippen LogP contribution in [0.1, 0.15) is 40.9 Å². The van der Waals surface area contributed by atoms with Gasteiger partial charge in [0.2, 0.25) is 0 Å². The largest absolute Gasteiger partial charge is 0.507 e. The molecule has 5 rings (SSSR count). The summed E-state index contributed by atoms with van der Waals surface area (Å²) in [6, 6.07) is 17.8. The molecule has 6 heteroatoms. The summed E-state index contributed by atoms with van der Waals surface area (Å²) in [7, 11) is 0. The van der Waals surface area contributed by atoms with E-state index in [1.165, 1.54) is 4.90 Å². The van der Waals surface area contributed by atoms with Gasteiger partial charge >= 0.3 is 0 Å². The van der Waals surface area contributed by atoms with Gasteiger partial charge in [-0.25, -0.2) is 0 Å². The summed E-state index contributed by atoms with van der Waals surface area (Å²) in [5.74, 6) is -0.734. The minimum atomic E-state index is -0.713. The second-order valence-corrected chi connectivity index (χ2v) is 8.62. The lowest BCUT2D eigenvalue weighted by Crippen LogP contribution is -2.29. The molecule has 1 fully saturated rings. The van der Waals surface area contributed by atoms with Crippen LogP contribution in [0.5, 0.6) is 5.75 Å². The Kier molecular flexibility index (Phi) is 5.21. The molecule has 3 heterocycles. The lowest BCUT2D eigenvalue weighted by molar-refractivity contribution is -0.140. The quantitative estimate of drug-likeness (QED) is 0.371. The molecular formula is C27H24N2O4. The number of hydrogen-bond donors (Lipinski definition) is 1. The standard InChI is InChI=1S/C27H24N2O4/c1-16-6-5-7-18(12-16)24-23(25(30)19-9-10-22-20(14-19)13-17(2)33-22)26(31)27(32)29(24)15-21-8-3-4-11-28-21/h3-12,14,17,24,30H,13,15H2,1-2H3/b25-23-. The van der Waals surface area contributed by atoms with Gasteiger partial charge in [0.25, 0.3) is 11.7 Å². The fourth-order valence-electron chi connectivity index (χ4n) is 4.62. The minimum Gasteiger partial charge on any atom is -0.507 e. The van der Waals surface area contributed by atoms with E-state index in [4.69, 9.17) is 4.74 Å². The Hall–Kier alpha value is -3.93. The van der Waals surface area contributed by atoms with Crippen molar-refractivity contribution in [3.05, 3.63) is 100 Å². The van der Waals surface area contributed by atoms with E-state index in [2.05, 4.69) is 4.98 Å². The number of carbonyl (C=O) groups excluding carboxylic acids is 2. The monoisotopic (exact) mass is 440 g/mol. The van der Waals surface area contributed by atoms with Crippen LogP contribution >= 0.6 is 0 Å². The number of Topliss-reactive ketones (excluding diaryl/α,β-unsaturated/α-hetero) is 1. The van der Waals surface area contributed by atoms with E-state index < -0.39 is 17.7 Å². The molecule has 166 valence electrons. The number of aliphatic hydroxyl groups is 1. The normalized spacial score (nSPS) is 21.2. The summed E-state index contributed by atoms with van der Waals surface area (Å²) < 4.78 is 5.76. The zero-order valence-corrected chi connectivity index (χ0v) is 18.5. The van der Waals surface area contributed by atoms with E-state index >= 15 is 0 Å². The maximum absolute atomic E-state index is 13.2. The molecule has 0 spiro atoms. The molecule has 2 aliphatic heterocycles. The van der Waals surface area contributed by atoms with Crippen LogP contribution < -0.4 is 4.74 Å². The third kappa shape index (κ3) is 3.78. The first-order valence-corrected chi connectivity index (χ1v) is 11.0. The van der Waals surface area contributed by atoms with Gasteiger partial charge in [0.1, 0.15) is 17.6 Å². The average Bonchev–Trinajstić information content (AvgIpc) is 3.30. The van der Waals surface area contributed by atoms with Crippen LogP contribution in [0.4, 0.5) is 0 Å². The SMILES string of the molecule is Cc1cccc(C2/C(=C(/O)c3ccc4c(c3)CC(C)O4)C(=O)C(=O)N2Cc2ccccn2)c1.